The van der Waals surface area contributed by atoms with Crippen LogP contribution in [-0.2, 0) is 0 Å². The fourth-order valence-corrected chi connectivity index (χ4v) is 2.42. The Morgan fingerprint density at radius 2 is 2.00 bits per heavy atom. The second kappa shape index (κ2) is 6.95. The van der Waals surface area contributed by atoms with Crippen LogP contribution in [0.15, 0.2) is 28.7 Å². The molecule has 0 aromatic carbocycles. The van der Waals surface area contributed by atoms with E-state index in [-0.39, 0.29) is 24.2 Å². The Morgan fingerprint density at radius 3 is 2.43 bits per heavy atom. The van der Waals surface area contributed by atoms with Gasteiger partial charge in [-0.25, -0.2) is 4.39 Å². The van der Waals surface area contributed by atoms with E-state index in [1.165, 1.54) is 0 Å². The van der Waals surface area contributed by atoms with E-state index >= 15 is 0 Å². The minimum atomic E-state index is -4.58. The van der Waals surface area contributed by atoms with Gasteiger partial charge in [-0.15, -0.1) is 0 Å². The van der Waals surface area contributed by atoms with Gasteiger partial charge in [0, 0.05) is 6.54 Å². The standard InChI is InChI=1S/C14H21F4N3/c1-9(2)10-6-7-21(8-11(10)15)13(19)5-4-12(20-3)14(16,17)18/h4-5,9-11H,3,6-8,19H2,1-2H3/b12-4-,13-5+. The summed E-state index contributed by atoms with van der Waals surface area (Å²) in [7, 11) is 0. The fourth-order valence-electron chi connectivity index (χ4n) is 2.42. The van der Waals surface area contributed by atoms with Crippen LogP contribution in [0.25, 0.3) is 0 Å². The Kier molecular flexibility index (Phi) is 5.80. The van der Waals surface area contributed by atoms with E-state index in [4.69, 9.17) is 5.73 Å². The number of halogens is 4. The highest BCUT2D eigenvalue weighted by Gasteiger charge is 2.33. The number of likely N-dealkylation sites (tertiary alicyclic amines) is 1. The molecule has 0 saturated carbocycles. The molecule has 21 heavy (non-hydrogen) atoms. The Hall–Kier alpha value is -1.53. The minimum absolute atomic E-state index is 0.0369. The summed E-state index contributed by atoms with van der Waals surface area (Å²) in [4.78, 5) is 4.47. The summed E-state index contributed by atoms with van der Waals surface area (Å²) in [6.45, 7) is 7.42. The molecule has 0 amide bonds. The van der Waals surface area contributed by atoms with Gasteiger partial charge < -0.3 is 10.6 Å². The van der Waals surface area contributed by atoms with E-state index in [2.05, 4.69) is 11.7 Å². The zero-order valence-electron chi connectivity index (χ0n) is 12.2. The van der Waals surface area contributed by atoms with Crippen LogP contribution in [0.3, 0.4) is 0 Å². The molecule has 120 valence electrons. The third-order valence-corrected chi connectivity index (χ3v) is 3.69. The highest BCUT2D eigenvalue weighted by molar-refractivity contribution is 5.32. The first kappa shape index (κ1) is 17.5. The summed E-state index contributed by atoms with van der Waals surface area (Å²) < 4.78 is 51.4. The van der Waals surface area contributed by atoms with Crippen LogP contribution >= 0.6 is 0 Å². The molecule has 0 spiro atoms. The monoisotopic (exact) mass is 307 g/mol. The third-order valence-electron chi connectivity index (χ3n) is 3.69. The van der Waals surface area contributed by atoms with Crippen molar-refractivity contribution in [1.82, 2.24) is 4.90 Å². The molecule has 2 atom stereocenters. The SMILES string of the molecule is C=N/C(=C\C=C(/N)N1CCC(C(C)C)C(F)C1)C(F)(F)F. The number of nitrogens with two attached hydrogens (primary N) is 1. The van der Waals surface area contributed by atoms with Crippen molar-refractivity contribution >= 4 is 6.72 Å². The van der Waals surface area contributed by atoms with E-state index in [0.29, 0.717) is 13.0 Å². The van der Waals surface area contributed by atoms with Crippen molar-refractivity contribution in [2.45, 2.75) is 32.6 Å². The molecule has 3 nitrogen and oxygen atoms in total. The number of nitrogens with zero attached hydrogens (tertiary/aromatic N) is 2. The van der Waals surface area contributed by atoms with Crippen LogP contribution in [0.5, 0.6) is 0 Å². The maximum absolute atomic E-state index is 14.0. The van der Waals surface area contributed by atoms with Gasteiger partial charge in [-0.1, -0.05) is 13.8 Å². The molecule has 1 heterocycles. The van der Waals surface area contributed by atoms with Gasteiger partial charge in [0.1, 0.15) is 11.9 Å². The molecule has 2 unspecified atom stereocenters. The molecule has 7 heteroatoms. The fraction of sp³-hybridized carbons (Fsp3) is 0.643. The smallest absolute Gasteiger partial charge is 0.385 e. The summed E-state index contributed by atoms with van der Waals surface area (Å²) in [6, 6.07) is 0. The van der Waals surface area contributed by atoms with E-state index < -0.39 is 18.0 Å². The van der Waals surface area contributed by atoms with Crippen molar-refractivity contribution in [2.24, 2.45) is 22.6 Å². The summed E-state index contributed by atoms with van der Waals surface area (Å²) in [6.07, 6.45) is -3.13. The molecule has 0 aromatic rings. The second-order valence-corrected chi connectivity index (χ2v) is 5.46. The number of alkyl halides is 4. The molecule has 0 aromatic heterocycles. The quantitative estimate of drug-likeness (QED) is 0.492. The van der Waals surface area contributed by atoms with Gasteiger partial charge >= 0.3 is 6.18 Å². The van der Waals surface area contributed by atoms with Crippen molar-refractivity contribution < 1.29 is 17.6 Å². The molecule has 0 bridgehead atoms. The Labute approximate surface area is 122 Å². The first-order valence-electron chi connectivity index (χ1n) is 6.77. The van der Waals surface area contributed by atoms with E-state index in [0.717, 1.165) is 12.2 Å². The average molecular weight is 307 g/mol. The number of hydrogen-bond acceptors (Lipinski definition) is 3. The third kappa shape index (κ3) is 4.75. The van der Waals surface area contributed by atoms with E-state index in [1.807, 2.05) is 13.8 Å². The second-order valence-electron chi connectivity index (χ2n) is 5.46. The molecule has 0 aliphatic carbocycles. The predicted molar refractivity (Wildman–Crippen MR) is 75.4 cm³/mol. The summed E-state index contributed by atoms with van der Waals surface area (Å²) in [5.41, 5.74) is 4.60. The molecule has 1 fully saturated rings. The Bertz CT molecular complexity index is 426. The van der Waals surface area contributed by atoms with Gasteiger partial charge in [-0.2, -0.15) is 13.2 Å². The predicted octanol–water partition coefficient (Wildman–Crippen LogP) is 3.25. The van der Waals surface area contributed by atoms with Crippen molar-refractivity contribution in [3.63, 3.8) is 0 Å². The lowest BCUT2D eigenvalue weighted by molar-refractivity contribution is -0.0922. The number of rotatable bonds is 4. The summed E-state index contributed by atoms with van der Waals surface area (Å²) in [5, 5.41) is 0. The first-order valence-corrected chi connectivity index (χ1v) is 6.77. The highest BCUT2D eigenvalue weighted by Crippen LogP contribution is 2.29. The molecule has 2 N–H and O–H groups in total. The van der Waals surface area contributed by atoms with Gasteiger partial charge in [-0.05, 0) is 37.1 Å². The lowest BCUT2D eigenvalue weighted by Crippen LogP contribution is -2.44. The van der Waals surface area contributed by atoms with Gasteiger partial charge in [0.15, 0.2) is 0 Å². The Balaban J connectivity index is 2.77. The van der Waals surface area contributed by atoms with Crippen LogP contribution < -0.4 is 5.73 Å². The van der Waals surface area contributed by atoms with Crippen LogP contribution in [0, 0.1) is 11.8 Å². The van der Waals surface area contributed by atoms with Crippen molar-refractivity contribution in [1.29, 1.82) is 0 Å². The van der Waals surface area contributed by atoms with Crippen LogP contribution in [-0.4, -0.2) is 37.1 Å². The van der Waals surface area contributed by atoms with Gasteiger partial charge in [-0.3, -0.25) is 4.99 Å². The Morgan fingerprint density at radius 1 is 1.38 bits per heavy atom. The summed E-state index contributed by atoms with van der Waals surface area (Å²) >= 11 is 0. The van der Waals surface area contributed by atoms with Gasteiger partial charge in [0.2, 0.25) is 0 Å². The van der Waals surface area contributed by atoms with Crippen LogP contribution in [0.1, 0.15) is 20.3 Å². The maximum Gasteiger partial charge on any atom is 0.433 e. The number of hydrogen-bond donors (Lipinski definition) is 1. The van der Waals surface area contributed by atoms with Gasteiger partial charge in [0.25, 0.3) is 0 Å². The average Bonchev–Trinajstić information content (AvgIpc) is 2.36. The highest BCUT2D eigenvalue weighted by atomic mass is 19.4. The largest absolute Gasteiger partial charge is 0.433 e. The zero-order chi connectivity index (χ0) is 16.2. The lowest BCUT2D eigenvalue weighted by Gasteiger charge is -2.37. The van der Waals surface area contributed by atoms with Gasteiger partial charge in [0.05, 0.1) is 12.4 Å². The molecule has 1 saturated heterocycles. The van der Waals surface area contributed by atoms with Crippen molar-refractivity contribution in [2.75, 3.05) is 13.1 Å². The van der Waals surface area contributed by atoms with E-state index in [1.54, 1.807) is 4.90 Å². The molecule has 0 radical (unpaired) electrons. The molecular formula is C14H21F4N3. The normalized spacial score (nSPS) is 25.4. The summed E-state index contributed by atoms with van der Waals surface area (Å²) in [5.74, 6) is 0.296. The van der Waals surface area contributed by atoms with Crippen LogP contribution in [0.2, 0.25) is 0 Å². The first-order chi connectivity index (χ1) is 9.66. The zero-order valence-corrected chi connectivity index (χ0v) is 12.2. The minimum Gasteiger partial charge on any atom is -0.385 e. The molecule has 1 aliphatic rings. The number of allylic oxidation sites excluding steroid dienone is 3. The van der Waals surface area contributed by atoms with Crippen LogP contribution in [0.4, 0.5) is 17.6 Å². The molecule has 1 aliphatic heterocycles. The number of aliphatic imine (C=N–C) groups is 1. The molecule has 1 rings (SSSR count). The van der Waals surface area contributed by atoms with E-state index in [9.17, 15) is 17.6 Å². The molecular weight excluding hydrogens is 286 g/mol. The number of piperidine rings is 1. The topological polar surface area (TPSA) is 41.6 Å². The lowest BCUT2D eigenvalue weighted by atomic mass is 9.85. The van der Waals surface area contributed by atoms with Crippen molar-refractivity contribution in [3.8, 4) is 0 Å². The van der Waals surface area contributed by atoms with Crippen molar-refractivity contribution in [3.05, 3.63) is 23.7 Å². The maximum atomic E-state index is 14.0.